The summed E-state index contributed by atoms with van der Waals surface area (Å²) in [7, 11) is 0. The Hall–Kier alpha value is -1.63. The molecule has 22 heavy (non-hydrogen) atoms. The molecule has 5 unspecified atom stereocenters. The topological polar surface area (TPSA) is 99.1 Å². The van der Waals surface area contributed by atoms with Crippen molar-refractivity contribution in [1.82, 2.24) is 0 Å². The number of carboxylic acids is 1. The average Bonchev–Trinajstić information content (AvgIpc) is 3.10. The number of carbonyl (C=O) groups excluding carboxylic acids is 2. The van der Waals surface area contributed by atoms with E-state index in [-0.39, 0.29) is 31.2 Å². The van der Waals surface area contributed by atoms with E-state index in [1.54, 1.807) is 6.92 Å². The summed E-state index contributed by atoms with van der Waals surface area (Å²) >= 11 is 0. The summed E-state index contributed by atoms with van der Waals surface area (Å²) in [6, 6.07) is 0. The molecule has 5 atom stereocenters. The highest BCUT2D eigenvalue weighted by Gasteiger charge is 2.56. The van der Waals surface area contributed by atoms with Gasteiger partial charge in [-0.3, -0.25) is 14.4 Å². The molecular weight excluding hydrogens is 292 g/mol. The molecule has 0 saturated carbocycles. The molecule has 1 N–H and O–H groups in total. The Morgan fingerprint density at radius 2 is 1.73 bits per heavy atom. The van der Waals surface area contributed by atoms with E-state index >= 15 is 0 Å². The van der Waals surface area contributed by atoms with Gasteiger partial charge in [0.15, 0.2) is 0 Å². The molecule has 2 saturated heterocycles. The summed E-state index contributed by atoms with van der Waals surface area (Å²) < 4.78 is 15.5. The van der Waals surface area contributed by atoms with Gasteiger partial charge in [0.25, 0.3) is 0 Å². The van der Waals surface area contributed by atoms with Crippen molar-refractivity contribution in [3.05, 3.63) is 0 Å². The van der Waals surface area contributed by atoms with Crippen molar-refractivity contribution in [1.29, 1.82) is 0 Å². The fourth-order valence-corrected chi connectivity index (χ4v) is 2.98. The molecule has 0 aromatic heterocycles. The Labute approximate surface area is 128 Å². The van der Waals surface area contributed by atoms with Gasteiger partial charge >= 0.3 is 17.9 Å². The van der Waals surface area contributed by atoms with Crippen molar-refractivity contribution in [2.75, 3.05) is 13.2 Å². The zero-order valence-corrected chi connectivity index (χ0v) is 12.8. The van der Waals surface area contributed by atoms with Gasteiger partial charge in [-0.05, 0) is 19.3 Å². The number of hydrogen-bond acceptors (Lipinski definition) is 6. The Morgan fingerprint density at radius 3 is 2.32 bits per heavy atom. The molecule has 0 amide bonds. The highest BCUT2D eigenvalue weighted by Crippen LogP contribution is 2.44. The maximum atomic E-state index is 12.1. The minimum Gasteiger partial charge on any atom is -0.481 e. The number of hydrogen-bond donors (Lipinski definition) is 1. The second kappa shape index (κ2) is 7.09. The van der Waals surface area contributed by atoms with Gasteiger partial charge in [-0.25, -0.2) is 0 Å². The molecular formula is C15H22O7. The van der Waals surface area contributed by atoms with Crippen LogP contribution in [0.2, 0.25) is 0 Å². The number of ether oxygens (including phenoxy) is 3. The fourth-order valence-electron chi connectivity index (χ4n) is 2.98. The first kappa shape index (κ1) is 16.7. The fraction of sp³-hybridized carbons (Fsp3) is 0.800. The van der Waals surface area contributed by atoms with Gasteiger partial charge in [0, 0.05) is 0 Å². The van der Waals surface area contributed by atoms with Gasteiger partial charge in [0.05, 0.1) is 30.0 Å². The largest absolute Gasteiger partial charge is 0.481 e. The summed E-state index contributed by atoms with van der Waals surface area (Å²) in [6.07, 6.45) is 1.25. The Bertz CT molecular complexity index is 447. The van der Waals surface area contributed by atoms with E-state index in [1.807, 2.05) is 6.92 Å². The van der Waals surface area contributed by atoms with Gasteiger partial charge in [0.1, 0.15) is 13.2 Å². The van der Waals surface area contributed by atoms with Crippen LogP contribution >= 0.6 is 0 Å². The molecule has 7 nitrogen and oxygen atoms in total. The first-order chi connectivity index (χ1) is 10.5. The Morgan fingerprint density at radius 1 is 1.14 bits per heavy atom. The number of esters is 2. The van der Waals surface area contributed by atoms with E-state index in [0.717, 1.165) is 0 Å². The van der Waals surface area contributed by atoms with E-state index in [4.69, 9.17) is 14.2 Å². The van der Waals surface area contributed by atoms with E-state index in [1.165, 1.54) is 0 Å². The predicted octanol–water partition coefficient (Wildman–Crippen LogP) is 0.997. The smallest absolute Gasteiger partial charge is 0.312 e. The van der Waals surface area contributed by atoms with Gasteiger partial charge in [-0.1, -0.05) is 13.8 Å². The van der Waals surface area contributed by atoms with Crippen LogP contribution in [0.4, 0.5) is 0 Å². The van der Waals surface area contributed by atoms with Crippen LogP contribution in [0, 0.1) is 17.8 Å². The standard InChI is InChI=1S/C15H22O7/c1-3-8(2)14(18)20-6-7-21-15(19)12-10-5-4-9(22-10)11(12)13(16)17/h8-12H,3-7H2,1-2H3,(H,16,17). The number of aliphatic carboxylic acids is 1. The third kappa shape index (κ3) is 3.40. The Kier molecular flexibility index (Phi) is 5.39. The zero-order chi connectivity index (χ0) is 16.3. The quantitative estimate of drug-likeness (QED) is 0.552. The monoisotopic (exact) mass is 314 g/mol. The highest BCUT2D eigenvalue weighted by molar-refractivity contribution is 5.83. The number of carbonyl (C=O) groups is 3. The molecule has 0 aliphatic carbocycles. The summed E-state index contributed by atoms with van der Waals surface area (Å²) in [5, 5.41) is 9.23. The third-order valence-corrected chi connectivity index (χ3v) is 4.42. The Balaban J connectivity index is 1.78. The van der Waals surface area contributed by atoms with Crippen molar-refractivity contribution in [3.8, 4) is 0 Å². The lowest BCUT2D eigenvalue weighted by molar-refractivity contribution is -0.161. The molecule has 2 fully saturated rings. The van der Waals surface area contributed by atoms with Crippen molar-refractivity contribution in [3.63, 3.8) is 0 Å². The molecule has 0 radical (unpaired) electrons. The van der Waals surface area contributed by atoms with E-state index < -0.39 is 29.9 Å². The van der Waals surface area contributed by atoms with Crippen molar-refractivity contribution in [2.24, 2.45) is 17.8 Å². The molecule has 2 aliphatic rings. The lowest BCUT2D eigenvalue weighted by Crippen LogP contribution is -2.39. The maximum Gasteiger partial charge on any atom is 0.312 e. The van der Waals surface area contributed by atoms with Crippen LogP contribution in [0.5, 0.6) is 0 Å². The van der Waals surface area contributed by atoms with Gasteiger partial charge in [0.2, 0.25) is 0 Å². The van der Waals surface area contributed by atoms with Crippen LogP contribution in [0.1, 0.15) is 33.1 Å². The lowest BCUT2D eigenvalue weighted by atomic mass is 9.79. The van der Waals surface area contributed by atoms with Gasteiger partial charge in [-0.2, -0.15) is 0 Å². The van der Waals surface area contributed by atoms with Crippen LogP contribution in [-0.4, -0.2) is 48.4 Å². The first-order valence-electron chi connectivity index (χ1n) is 7.67. The summed E-state index contributed by atoms with van der Waals surface area (Å²) in [5.41, 5.74) is 0. The minimum absolute atomic E-state index is 0.0195. The average molecular weight is 314 g/mol. The molecule has 2 aliphatic heterocycles. The number of carboxylic acid groups (broad SMARTS) is 1. The minimum atomic E-state index is -1.03. The molecule has 0 aromatic rings. The van der Waals surface area contributed by atoms with Gasteiger partial charge < -0.3 is 19.3 Å². The second-order valence-electron chi connectivity index (χ2n) is 5.82. The molecule has 2 rings (SSSR count). The first-order valence-corrected chi connectivity index (χ1v) is 7.67. The second-order valence-corrected chi connectivity index (χ2v) is 5.82. The van der Waals surface area contributed by atoms with Crippen LogP contribution in [0.3, 0.4) is 0 Å². The SMILES string of the molecule is CCC(C)C(=O)OCCOC(=O)C1C2CCC(O2)C1C(=O)O. The normalized spacial score (nSPS) is 30.8. The van der Waals surface area contributed by atoms with Crippen LogP contribution in [0.15, 0.2) is 0 Å². The molecule has 124 valence electrons. The zero-order valence-electron chi connectivity index (χ0n) is 12.8. The summed E-state index contributed by atoms with van der Waals surface area (Å²) in [4.78, 5) is 34.8. The van der Waals surface area contributed by atoms with Crippen LogP contribution in [-0.2, 0) is 28.6 Å². The van der Waals surface area contributed by atoms with Crippen molar-refractivity contribution in [2.45, 2.75) is 45.3 Å². The number of rotatable bonds is 7. The predicted molar refractivity (Wildman–Crippen MR) is 73.9 cm³/mol. The van der Waals surface area contributed by atoms with Crippen molar-refractivity contribution >= 4 is 17.9 Å². The van der Waals surface area contributed by atoms with Crippen molar-refractivity contribution < 1.29 is 33.7 Å². The third-order valence-electron chi connectivity index (χ3n) is 4.42. The van der Waals surface area contributed by atoms with Crippen LogP contribution < -0.4 is 0 Å². The summed E-state index contributed by atoms with van der Waals surface area (Å²) in [5.74, 6) is -3.73. The van der Waals surface area contributed by atoms with Gasteiger partial charge in [-0.15, -0.1) is 0 Å². The molecule has 7 heteroatoms. The van der Waals surface area contributed by atoms with E-state index in [9.17, 15) is 19.5 Å². The van der Waals surface area contributed by atoms with E-state index in [2.05, 4.69) is 0 Å². The lowest BCUT2D eigenvalue weighted by Gasteiger charge is -2.23. The molecule has 2 bridgehead atoms. The maximum absolute atomic E-state index is 12.1. The number of fused-ring (bicyclic) bond motifs is 2. The summed E-state index contributed by atoms with van der Waals surface area (Å²) in [6.45, 7) is 3.56. The molecule has 0 spiro atoms. The van der Waals surface area contributed by atoms with E-state index in [0.29, 0.717) is 19.3 Å². The highest BCUT2D eigenvalue weighted by atomic mass is 16.6. The molecule has 2 heterocycles. The molecule has 0 aromatic carbocycles. The van der Waals surface area contributed by atoms with Crippen LogP contribution in [0.25, 0.3) is 0 Å².